The maximum absolute atomic E-state index is 9.44. The average Bonchev–Trinajstić information content (AvgIpc) is 2.39. The number of nitrogens with zero attached hydrogens (tertiary/aromatic N) is 1. The smallest absolute Gasteiger partial charge is 0.0759 e. The van der Waals surface area contributed by atoms with E-state index in [1.807, 2.05) is 43.3 Å². The second-order valence-corrected chi connectivity index (χ2v) is 3.98. The van der Waals surface area contributed by atoms with Gasteiger partial charge >= 0.3 is 0 Å². The highest BCUT2D eigenvalue weighted by atomic mass is 16.3. The lowest BCUT2D eigenvalue weighted by Crippen LogP contribution is -2.15. The van der Waals surface area contributed by atoms with Crippen molar-refractivity contribution in [3.05, 3.63) is 59.9 Å². The van der Waals surface area contributed by atoms with Crippen LogP contribution in [0.15, 0.2) is 48.8 Å². The minimum atomic E-state index is -0.121. The summed E-state index contributed by atoms with van der Waals surface area (Å²) in [7, 11) is 0. The van der Waals surface area contributed by atoms with Crippen molar-refractivity contribution in [3.63, 3.8) is 0 Å². The van der Waals surface area contributed by atoms with Crippen molar-refractivity contribution in [2.75, 3.05) is 11.9 Å². The number of para-hydroxylation sites is 1. The molecule has 1 heterocycles. The summed E-state index contributed by atoms with van der Waals surface area (Å²) >= 11 is 0. The lowest BCUT2D eigenvalue weighted by atomic mass is 10.1. The molecule has 0 saturated carbocycles. The number of pyridine rings is 1. The van der Waals surface area contributed by atoms with Gasteiger partial charge in [-0.3, -0.25) is 4.98 Å². The van der Waals surface area contributed by atoms with E-state index in [4.69, 9.17) is 0 Å². The van der Waals surface area contributed by atoms with Crippen LogP contribution in [0, 0.1) is 6.92 Å². The lowest BCUT2D eigenvalue weighted by molar-refractivity contribution is 0.276. The van der Waals surface area contributed by atoms with E-state index < -0.39 is 0 Å². The molecule has 0 saturated heterocycles. The van der Waals surface area contributed by atoms with Crippen molar-refractivity contribution in [2.45, 2.75) is 13.0 Å². The van der Waals surface area contributed by atoms with Gasteiger partial charge in [0.05, 0.1) is 12.6 Å². The topological polar surface area (TPSA) is 45.1 Å². The van der Waals surface area contributed by atoms with Crippen molar-refractivity contribution >= 4 is 5.69 Å². The van der Waals surface area contributed by atoms with Crippen LogP contribution < -0.4 is 5.32 Å². The summed E-state index contributed by atoms with van der Waals surface area (Å²) in [6, 6.07) is 11.7. The minimum absolute atomic E-state index is 0.0417. The zero-order valence-electron chi connectivity index (χ0n) is 9.80. The maximum Gasteiger partial charge on any atom is 0.0759 e. The Hall–Kier alpha value is -1.87. The molecule has 0 bridgehead atoms. The molecule has 0 amide bonds. The van der Waals surface area contributed by atoms with E-state index in [-0.39, 0.29) is 12.6 Å². The third-order valence-electron chi connectivity index (χ3n) is 2.74. The molecule has 3 heteroatoms. The Balaban J connectivity index is 2.19. The summed E-state index contributed by atoms with van der Waals surface area (Å²) in [5.41, 5.74) is 3.18. The zero-order chi connectivity index (χ0) is 12.1. The van der Waals surface area contributed by atoms with Crippen LogP contribution in [-0.2, 0) is 0 Å². The van der Waals surface area contributed by atoms with Gasteiger partial charge in [-0.15, -0.1) is 0 Å². The second-order valence-electron chi connectivity index (χ2n) is 3.98. The van der Waals surface area contributed by atoms with Crippen LogP contribution in [-0.4, -0.2) is 16.7 Å². The molecule has 2 N–H and O–H groups in total. The number of hydrogen-bond acceptors (Lipinski definition) is 3. The van der Waals surface area contributed by atoms with Crippen LogP contribution in [0.4, 0.5) is 5.69 Å². The van der Waals surface area contributed by atoms with Gasteiger partial charge in [-0.2, -0.15) is 0 Å². The predicted molar refractivity (Wildman–Crippen MR) is 68.9 cm³/mol. The average molecular weight is 228 g/mol. The first-order valence-corrected chi connectivity index (χ1v) is 5.64. The third-order valence-corrected chi connectivity index (χ3v) is 2.74. The number of nitrogens with one attached hydrogen (secondary N) is 1. The first-order chi connectivity index (χ1) is 8.31. The summed E-state index contributed by atoms with van der Waals surface area (Å²) in [5, 5.41) is 12.8. The van der Waals surface area contributed by atoms with Gasteiger partial charge in [0.25, 0.3) is 0 Å². The van der Waals surface area contributed by atoms with Crippen molar-refractivity contribution in [1.82, 2.24) is 4.98 Å². The Morgan fingerprint density at radius 1 is 1.24 bits per heavy atom. The highest BCUT2D eigenvalue weighted by molar-refractivity contribution is 5.51. The number of rotatable bonds is 4. The van der Waals surface area contributed by atoms with E-state index in [2.05, 4.69) is 10.3 Å². The van der Waals surface area contributed by atoms with Crippen LogP contribution in [0.5, 0.6) is 0 Å². The number of anilines is 1. The molecule has 0 spiro atoms. The van der Waals surface area contributed by atoms with Gasteiger partial charge in [-0.1, -0.05) is 24.3 Å². The summed E-state index contributed by atoms with van der Waals surface area (Å²) < 4.78 is 0. The fourth-order valence-corrected chi connectivity index (χ4v) is 1.74. The van der Waals surface area contributed by atoms with E-state index in [9.17, 15) is 5.11 Å². The predicted octanol–water partition coefficient (Wildman–Crippen LogP) is 2.54. The molecule has 1 aromatic heterocycles. The Kier molecular flexibility index (Phi) is 3.73. The standard InChI is InChI=1S/C14H16N2O/c1-11-5-2-3-7-13(11)16-14(10-17)12-6-4-8-15-9-12/h2-9,14,16-17H,10H2,1H3. The zero-order valence-corrected chi connectivity index (χ0v) is 9.80. The molecule has 1 unspecified atom stereocenters. The highest BCUT2D eigenvalue weighted by Gasteiger charge is 2.10. The van der Waals surface area contributed by atoms with E-state index in [1.54, 1.807) is 12.4 Å². The number of aromatic nitrogens is 1. The first kappa shape index (κ1) is 11.6. The molecule has 17 heavy (non-hydrogen) atoms. The van der Waals surface area contributed by atoms with Gasteiger partial charge in [0, 0.05) is 18.1 Å². The van der Waals surface area contributed by atoms with Gasteiger partial charge < -0.3 is 10.4 Å². The molecule has 1 aromatic carbocycles. The minimum Gasteiger partial charge on any atom is -0.394 e. The summed E-state index contributed by atoms with van der Waals surface area (Å²) in [6.45, 7) is 2.08. The monoisotopic (exact) mass is 228 g/mol. The maximum atomic E-state index is 9.44. The van der Waals surface area contributed by atoms with Crippen LogP contribution in [0.2, 0.25) is 0 Å². The van der Waals surface area contributed by atoms with E-state index >= 15 is 0 Å². The largest absolute Gasteiger partial charge is 0.394 e. The number of aliphatic hydroxyl groups is 1. The fourth-order valence-electron chi connectivity index (χ4n) is 1.74. The van der Waals surface area contributed by atoms with E-state index in [0.717, 1.165) is 16.8 Å². The van der Waals surface area contributed by atoms with Crippen LogP contribution in [0.3, 0.4) is 0 Å². The van der Waals surface area contributed by atoms with Crippen molar-refractivity contribution < 1.29 is 5.11 Å². The van der Waals surface area contributed by atoms with Gasteiger partial charge in [0.1, 0.15) is 0 Å². The van der Waals surface area contributed by atoms with E-state index in [0.29, 0.717) is 0 Å². The first-order valence-electron chi connectivity index (χ1n) is 5.64. The molecule has 2 rings (SSSR count). The van der Waals surface area contributed by atoms with Crippen molar-refractivity contribution in [3.8, 4) is 0 Å². The number of aryl methyl sites for hydroxylation is 1. The number of benzene rings is 1. The van der Waals surface area contributed by atoms with Crippen molar-refractivity contribution in [2.24, 2.45) is 0 Å². The SMILES string of the molecule is Cc1ccccc1NC(CO)c1cccnc1. The third kappa shape index (κ3) is 2.82. The van der Waals surface area contributed by atoms with Crippen LogP contribution >= 0.6 is 0 Å². The molecule has 0 radical (unpaired) electrons. The fraction of sp³-hybridized carbons (Fsp3) is 0.214. The molecule has 0 aliphatic carbocycles. The Labute approximate surface area is 101 Å². The Morgan fingerprint density at radius 2 is 2.06 bits per heavy atom. The molecule has 0 fully saturated rings. The molecule has 1 atom stereocenters. The molecule has 3 nitrogen and oxygen atoms in total. The van der Waals surface area contributed by atoms with Gasteiger partial charge in [-0.25, -0.2) is 0 Å². The summed E-state index contributed by atoms with van der Waals surface area (Å²) in [4.78, 5) is 4.07. The van der Waals surface area contributed by atoms with Gasteiger partial charge in [0.15, 0.2) is 0 Å². The van der Waals surface area contributed by atoms with Crippen LogP contribution in [0.25, 0.3) is 0 Å². The molecule has 88 valence electrons. The second kappa shape index (κ2) is 5.46. The summed E-state index contributed by atoms with van der Waals surface area (Å²) in [6.07, 6.45) is 3.50. The van der Waals surface area contributed by atoms with Gasteiger partial charge in [0.2, 0.25) is 0 Å². The highest BCUT2D eigenvalue weighted by Crippen LogP contribution is 2.21. The molecule has 0 aliphatic heterocycles. The number of aliphatic hydroxyl groups excluding tert-OH is 1. The lowest BCUT2D eigenvalue weighted by Gasteiger charge is -2.19. The Bertz CT molecular complexity index is 471. The van der Waals surface area contributed by atoms with E-state index in [1.165, 1.54) is 0 Å². The normalized spacial score (nSPS) is 12.1. The van der Waals surface area contributed by atoms with Gasteiger partial charge in [-0.05, 0) is 30.2 Å². The molecular formula is C14H16N2O. The molecule has 0 aliphatic rings. The Morgan fingerprint density at radius 3 is 2.71 bits per heavy atom. The molecule has 2 aromatic rings. The van der Waals surface area contributed by atoms with Crippen molar-refractivity contribution in [1.29, 1.82) is 0 Å². The quantitative estimate of drug-likeness (QED) is 0.845. The summed E-state index contributed by atoms with van der Waals surface area (Å²) in [5.74, 6) is 0. The molecular weight excluding hydrogens is 212 g/mol. The number of hydrogen-bond donors (Lipinski definition) is 2. The van der Waals surface area contributed by atoms with Crippen LogP contribution in [0.1, 0.15) is 17.2 Å².